The van der Waals surface area contributed by atoms with E-state index in [2.05, 4.69) is 0 Å². The second-order valence-corrected chi connectivity index (χ2v) is 7.46. The Labute approximate surface area is 174 Å². The van der Waals surface area contributed by atoms with Crippen LogP contribution >= 0.6 is 22.9 Å². The van der Waals surface area contributed by atoms with Crippen LogP contribution in [0.3, 0.4) is 0 Å². The topological polar surface area (TPSA) is 98.9 Å². The Balaban J connectivity index is 2.04. The number of fused-ring (bicyclic) bond motifs is 1. The molecule has 0 atom stereocenters. The molecule has 3 N–H and O–H groups in total. The van der Waals surface area contributed by atoms with Gasteiger partial charge in [0.2, 0.25) is 5.91 Å². The summed E-state index contributed by atoms with van der Waals surface area (Å²) in [5.74, 6) is -2.45. The van der Waals surface area contributed by atoms with Crippen LogP contribution in [0, 0.1) is 5.82 Å². The number of amides is 1. The number of rotatable bonds is 7. The fourth-order valence-electron chi connectivity index (χ4n) is 2.88. The number of aliphatic hydroxyl groups is 1. The molecule has 0 fully saturated rings. The maximum absolute atomic E-state index is 14.5. The smallest absolute Gasteiger partial charge is 0.348 e. The van der Waals surface area contributed by atoms with E-state index in [4.69, 9.17) is 26.8 Å². The monoisotopic (exact) mass is 437 g/mol. The predicted octanol–water partition coefficient (Wildman–Crippen LogP) is 4.04. The highest BCUT2D eigenvalue weighted by atomic mass is 35.5. The molecule has 3 aromatic rings. The van der Waals surface area contributed by atoms with E-state index in [0.29, 0.717) is 20.8 Å². The molecule has 1 aromatic heterocycles. The van der Waals surface area contributed by atoms with Gasteiger partial charge in [0.05, 0.1) is 13.2 Å². The van der Waals surface area contributed by atoms with Crippen molar-refractivity contribution in [2.24, 2.45) is 5.73 Å². The third-order valence-electron chi connectivity index (χ3n) is 4.16. The van der Waals surface area contributed by atoms with Gasteiger partial charge >= 0.3 is 5.97 Å². The summed E-state index contributed by atoms with van der Waals surface area (Å²) in [6, 6.07) is 7.43. The van der Waals surface area contributed by atoms with Gasteiger partial charge in [0.15, 0.2) is 11.6 Å². The molecule has 152 valence electrons. The molecule has 0 radical (unpaired) electrons. The molecule has 9 heteroatoms. The lowest BCUT2D eigenvalue weighted by molar-refractivity contribution is 0.0529. The Morgan fingerprint density at radius 1 is 1.31 bits per heavy atom. The number of hydrogen-bond donors (Lipinski definition) is 2. The quantitative estimate of drug-likeness (QED) is 0.543. The molecule has 0 saturated carbocycles. The van der Waals surface area contributed by atoms with E-state index >= 15 is 0 Å². The average molecular weight is 438 g/mol. The fraction of sp³-hybridized carbons (Fsp3) is 0.200. The van der Waals surface area contributed by atoms with E-state index in [1.165, 1.54) is 17.4 Å². The Kier molecular flexibility index (Phi) is 6.36. The summed E-state index contributed by atoms with van der Waals surface area (Å²) in [4.78, 5) is 24.0. The summed E-state index contributed by atoms with van der Waals surface area (Å²) in [6.45, 7) is 1.12. The first kappa shape index (κ1) is 21.0. The first-order valence-corrected chi connectivity index (χ1v) is 9.79. The van der Waals surface area contributed by atoms with Crippen LogP contribution in [0.5, 0.6) is 5.75 Å². The van der Waals surface area contributed by atoms with Gasteiger partial charge in [-0.05, 0) is 31.2 Å². The van der Waals surface area contributed by atoms with Crippen LogP contribution in [0.1, 0.15) is 38.1 Å². The maximum Gasteiger partial charge on any atom is 0.348 e. The molecular formula is C20H17ClFNO5S. The van der Waals surface area contributed by atoms with Gasteiger partial charge in [-0.1, -0.05) is 17.7 Å². The molecule has 0 aliphatic carbocycles. The van der Waals surface area contributed by atoms with Gasteiger partial charge in [-0.15, -0.1) is 11.3 Å². The zero-order valence-electron chi connectivity index (χ0n) is 15.3. The van der Waals surface area contributed by atoms with Crippen molar-refractivity contribution >= 4 is 44.9 Å². The number of thiophene rings is 1. The average Bonchev–Trinajstić information content (AvgIpc) is 3.06. The summed E-state index contributed by atoms with van der Waals surface area (Å²) in [6.07, 6.45) is 0. The number of aliphatic hydroxyl groups excluding tert-OH is 1. The standard InChI is InChI=1S/C20H17ClFNO5S/c1-2-27-20(26)18-12(16-13(21)4-3-5-15(16)29-18)9-28-17-11(8-24)6-10(19(23)25)7-14(17)22/h3-7,24H,2,8-9H2,1H3,(H2,23,25). The highest BCUT2D eigenvalue weighted by Gasteiger charge is 2.23. The normalized spacial score (nSPS) is 10.9. The number of benzene rings is 2. The van der Waals surface area contributed by atoms with Crippen molar-refractivity contribution in [3.8, 4) is 5.75 Å². The highest BCUT2D eigenvalue weighted by molar-refractivity contribution is 7.21. The predicted molar refractivity (Wildman–Crippen MR) is 108 cm³/mol. The SMILES string of the molecule is CCOC(=O)c1sc2cccc(Cl)c2c1COc1c(F)cc(C(N)=O)cc1CO. The van der Waals surface area contributed by atoms with Crippen molar-refractivity contribution in [2.75, 3.05) is 6.61 Å². The molecule has 0 unspecified atom stereocenters. The molecule has 6 nitrogen and oxygen atoms in total. The largest absolute Gasteiger partial charge is 0.485 e. The lowest BCUT2D eigenvalue weighted by Gasteiger charge is -2.13. The van der Waals surface area contributed by atoms with Crippen molar-refractivity contribution < 1.29 is 28.6 Å². The molecule has 29 heavy (non-hydrogen) atoms. The van der Waals surface area contributed by atoms with E-state index in [1.54, 1.807) is 25.1 Å². The molecule has 1 heterocycles. The van der Waals surface area contributed by atoms with Gasteiger partial charge < -0.3 is 20.3 Å². The van der Waals surface area contributed by atoms with Gasteiger partial charge in [-0.2, -0.15) is 0 Å². The Bertz CT molecular complexity index is 1100. The lowest BCUT2D eigenvalue weighted by atomic mass is 10.1. The van der Waals surface area contributed by atoms with Crippen LogP contribution in [0.2, 0.25) is 5.02 Å². The van der Waals surface area contributed by atoms with E-state index in [-0.39, 0.29) is 30.1 Å². The first-order valence-electron chi connectivity index (χ1n) is 8.60. The lowest BCUT2D eigenvalue weighted by Crippen LogP contribution is -2.13. The number of primary amides is 1. The molecular weight excluding hydrogens is 421 g/mol. The summed E-state index contributed by atoms with van der Waals surface area (Å²) >= 11 is 7.52. The van der Waals surface area contributed by atoms with Crippen molar-refractivity contribution in [3.05, 3.63) is 62.7 Å². The zero-order valence-corrected chi connectivity index (χ0v) is 16.9. The van der Waals surface area contributed by atoms with Crippen LogP contribution in [0.15, 0.2) is 30.3 Å². The molecule has 2 aromatic carbocycles. The number of esters is 1. The van der Waals surface area contributed by atoms with E-state index < -0.39 is 24.3 Å². The minimum Gasteiger partial charge on any atom is -0.485 e. The second-order valence-electron chi connectivity index (χ2n) is 6.00. The van der Waals surface area contributed by atoms with Gasteiger partial charge in [-0.3, -0.25) is 4.79 Å². The number of nitrogens with two attached hydrogens (primary N) is 1. The van der Waals surface area contributed by atoms with Crippen molar-refractivity contribution in [3.63, 3.8) is 0 Å². The van der Waals surface area contributed by atoms with Crippen molar-refractivity contribution in [1.82, 2.24) is 0 Å². The molecule has 0 aliphatic rings. The van der Waals surface area contributed by atoms with Crippen molar-refractivity contribution in [1.29, 1.82) is 0 Å². The van der Waals surface area contributed by atoms with Crippen LogP contribution < -0.4 is 10.5 Å². The third-order valence-corrected chi connectivity index (χ3v) is 5.65. The molecule has 3 rings (SSSR count). The van der Waals surface area contributed by atoms with Crippen LogP contribution in [0.25, 0.3) is 10.1 Å². The van der Waals surface area contributed by atoms with E-state index in [1.807, 2.05) is 0 Å². The Morgan fingerprint density at radius 2 is 2.07 bits per heavy atom. The van der Waals surface area contributed by atoms with Gasteiger partial charge in [0, 0.05) is 31.8 Å². The Morgan fingerprint density at radius 3 is 2.72 bits per heavy atom. The van der Waals surface area contributed by atoms with Gasteiger partial charge in [0.1, 0.15) is 11.5 Å². The molecule has 0 aliphatic heterocycles. The van der Waals surface area contributed by atoms with E-state index in [0.717, 1.165) is 10.8 Å². The fourth-order valence-corrected chi connectivity index (χ4v) is 4.36. The maximum atomic E-state index is 14.5. The van der Waals surface area contributed by atoms with Crippen molar-refractivity contribution in [2.45, 2.75) is 20.1 Å². The zero-order chi connectivity index (χ0) is 21.1. The molecule has 0 spiro atoms. The number of halogens is 2. The molecule has 1 amide bonds. The first-order chi connectivity index (χ1) is 13.9. The molecule has 0 bridgehead atoms. The highest BCUT2D eigenvalue weighted by Crippen LogP contribution is 2.37. The summed E-state index contributed by atoms with van der Waals surface area (Å²) in [5, 5.41) is 10.6. The van der Waals surface area contributed by atoms with Crippen LogP contribution in [0.4, 0.5) is 4.39 Å². The van der Waals surface area contributed by atoms with E-state index in [9.17, 15) is 19.1 Å². The summed E-state index contributed by atoms with van der Waals surface area (Å²) in [5.41, 5.74) is 5.60. The van der Waals surface area contributed by atoms with Crippen LogP contribution in [-0.2, 0) is 18.0 Å². The minimum atomic E-state index is -0.853. The number of carbonyl (C=O) groups is 2. The summed E-state index contributed by atoms with van der Waals surface area (Å²) < 4.78 is 26.0. The van der Waals surface area contributed by atoms with Gasteiger partial charge in [0.25, 0.3) is 0 Å². The minimum absolute atomic E-state index is 0.0575. The second kappa shape index (κ2) is 8.77. The summed E-state index contributed by atoms with van der Waals surface area (Å²) in [7, 11) is 0. The van der Waals surface area contributed by atoms with Gasteiger partial charge in [-0.25, -0.2) is 9.18 Å². The number of ether oxygens (including phenoxy) is 2. The Hall–Kier alpha value is -2.68. The number of hydrogen-bond acceptors (Lipinski definition) is 6. The van der Waals surface area contributed by atoms with Crippen LogP contribution in [-0.4, -0.2) is 23.6 Å². The molecule has 0 saturated heterocycles. The number of carbonyl (C=O) groups excluding carboxylic acids is 2. The third kappa shape index (κ3) is 4.19.